The van der Waals surface area contributed by atoms with Crippen molar-refractivity contribution in [3.8, 4) is 17.2 Å². The SMILES string of the molecule is CC[C@@H](Oc1ccccc1Cl)C(=O)NCc1ccc2c(c1)OCO2. The van der Waals surface area contributed by atoms with E-state index in [1.807, 2.05) is 37.3 Å². The number of halogens is 1. The number of hydrogen-bond donors (Lipinski definition) is 1. The Hall–Kier alpha value is -2.40. The second-order valence-electron chi connectivity index (χ2n) is 5.35. The van der Waals surface area contributed by atoms with E-state index in [1.54, 1.807) is 12.1 Å². The summed E-state index contributed by atoms with van der Waals surface area (Å²) in [5.74, 6) is 1.74. The van der Waals surface area contributed by atoms with Crippen LogP contribution >= 0.6 is 11.6 Å². The highest BCUT2D eigenvalue weighted by molar-refractivity contribution is 6.32. The lowest BCUT2D eigenvalue weighted by atomic mass is 10.2. The van der Waals surface area contributed by atoms with Crippen LogP contribution in [0.15, 0.2) is 42.5 Å². The van der Waals surface area contributed by atoms with Crippen molar-refractivity contribution in [2.24, 2.45) is 0 Å². The fourth-order valence-corrected chi connectivity index (χ4v) is 2.55. The minimum absolute atomic E-state index is 0.185. The van der Waals surface area contributed by atoms with Gasteiger partial charge in [-0.2, -0.15) is 0 Å². The summed E-state index contributed by atoms with van der Waals surface area (Å²) in [6.45, 7) is 2.51. The van der Waals surface area contributed by atoms with Crippen molar-refractivity contribution in [1.29, 1.82) is 0 Å². The summed E-state index contributed by atoms with van der Waals surface area (Å²) < 4.78 is 16.3. The molecule has 2 aromatic rings. The number of para-hydroxylation sites is 1. The maximum absolute atomic E-state index is 12.4. The van der Waals surface area contributed by atoms with Crippen molar-refractivity contribution in [3.63, 3.8) is 0 Å². The van der Waals surface area contributed by atoms with Crippen molar-refractivity contribution in [1.82, 2.24) is 5.32 Å². The van der Waals surface area contributed by atoms with Gasteiger partial charge in [-0.3, -0.25) is 4.79 Å². The summed E-state index contributed by atoms with van der Waals surface area (Å²) in [6.07, 6.45) is -0.0584. The van der Waals surface area contributed by atoms with Crippen molar-refractivity contribution in [2.45, 2.75) is 26.0 Å². The molecule has 0 fully saturated rings. The van der Waals surface area contributed by atoms with Crippen molar-refractivity contribution in [2.75, 3.05) is 6.79 Å². The zero-order valence-electron chi connectivity index (χ0n) is 13.3. The summed E-state index contributed by atoms with van der Waals surface area (Å²) in [4.78, 5) is 12.4. The van der Waals surface area contributed by atoms with Crippen LogP contribution in [0.3, 0.4) is 0 Å². The fraction of sp³-hybridized carbons (Fsp3) is 0.278. The number of benzene rings is 2. The van der Waals surface area contributed by atoms with E-state index >= 15 is 0 Å². The van der Waals surface area contributed by atoms with Gasteiger partial charge in [-0.15, -0.1) is 0 Å². The average Bonchev–Trinajstić information content (AvgIpc) is 3.06. The Morgan fingerprint density at radius 2 is 2.04 bits per heavy atom. The van der Waals surface area contributed by atoms with E-state index in [2.05, 4.69) is 5.32 Å². The summed E-state index contributed by atoms with van der Waals surface area (Å²) >= 11 is 6.07. The molecule has 3 rings (SSSR count). The van der Waals surface area contributed by atoms with E-state index in [4.69, 9.17) is 25.8 Å². The van der Waals surface area contributed by atoms with E-state index < -0.39 is 6.10 Å². The van der Waals surface area contributed by atoms with Gasteiger partial charge in [-0.05, 0) is 36.2 Å². The molecule has 0 saturated heterocycles. The molecule has 0 radical (unpaired) electrons. The summed E-state index contributed by atoms with van der Waals surface area (Å²) in [7, 11) is 0. The second-order valence-corrected chi connectivity index (χ2v) is 5.76. The first-order valence-electron chi connectivity index (χ1n) is 7.75. The van der Waals surface area contributed by atoms with Gasteiger partial charge in [0.15, 0.2) is 17.6 Å². The topological polar surface area (TPSA) is 56.8 Å². The van der Waals surface area contributed by atoms with Crippen LogP contribution in [-0.2, 0) is 11.3 Å². The Morgan fingerprint density at radius 1 is 1.25 bits per heavy atom. The Bertz CT molecular complexity index is 735. The number of nitrogens with one attached hydrogen (secondary N) is 1. The lowest BCUT2D eigenvalue weighted by molar-refractivity contribution is -0.128. The van der Waals surface area contributed by atoms with E-state index in [9.17, 15) is 4.79 Å². The normalized spacial score (nSPS) is 13.4. The molecule has 1 aliphatic heterocycles. The summed E-state index contributed by atoms with van der Waals surface area (Å²) in [6, 6.07) is 12.7. The predicted molar refractivity (Wildman–Crippen MR) is 90.6 cm³/mol. The van der Waals surface area contributed by atoms with Crippen LogP contribution in [-0.4, -0.2) is 18.8 Å². The van der Waals surface area contributed by atoms with Crippen molar-refractivity contribution < 1.29 is 19.0 Å². The molecule has 0 aliphatic carbocycles. The predicted octanol–water partition coefficient (Wildman–Crippen LogP) is 3.54. The first kappa shape index (κ1) is 16.5. The number of amides is 1. The van der Waals surface area contributed by atoms with Crippen LogP contribution in [0.25, 0.3) is 0 Å². The number of carbonyl (C=O) groups excluding carboxylic acids is 1. The van der Waals surface area contributed by atoms with Gasteiger partial charge in [0.05, 0.1) is 5.02 Å². The highest BCUT2D eigenvalue weighted by Gasteiger charge is 2.20. The Labute approximate surface area is 145 Å². The largest absolute Gasteiger partial charge is 0.479 e. The lowest BCUT2D eigenvalue weighted by Gasteiger charge is -2.18. The highest BCUT2D eigenvalue weighted by Crippen LogP contribution is 2.32. The van der Waals surface area contributed by atoms with Crippen LogP contribution in [0.5, 0.6) is 17.2 Å². The maximum atomic E-state index is 12.4. The first-order valence-corrected chi connectivity index (χ1v) is 8.12. The van der Waals surface area contributed by atoms with Gasteiger partial charge in [0.25, 0.3) is 5.91 Å². The zero-order valence-corrected chi connectivity index (χ0v) is 14.0. The molecule has 1 amide bonds. The molecule has 24 heavy (non-hydrogen) atoms. The molecule has 1 heterocycles. The molecule has 2 aromatic carbocycles. The minimum Gasteiger partial charge on any atom is -0.479 e. The van der Waals surface area contributed by atoms with Crippen molar-refractivity contribution in [3.05, 3.63) is 53.1 Å². The van der Waals surface area contributed by atoms with E-state index in [-0.39, 0.29) is 12.7 Å². The van der Waals surface area contributed by atoms with Crippen LogP contribution in [0, 0.1) is 0 Å². The van der Waals surface area contributed by atoms with Gasteiger partial charge in [0.2, 0.25) is 6.79 Å². The molecule has 6 heteroatoms. The summed E-state index contributed by atoms with van der Waals surface area (Å²) in [5.41, 5.74) is 0.931. The fourth-order valence-electron chi connectivity index (χ4n) is 2.37. The van der Waals surface area contributed by atoms with Gasteiger partial charge in [-0.1, -0.05) is 36.7 Å². The smallest absolute Gasteiger partial charge is 0.261 e. The number of hydrogen-bond acceptors (Lipinski definition) is 4. The molecule has 1 N–H and O–H groups in total. The number of carbonyl (C=O) groups is 1. The molecule has 5 nitrogen and oxygen atoms in total. The number of rotatable bonds is 6. The Kier molecular flexibility index (Phi) is 5.11. The quantitative estimate of drug-likeness (QED) is 0.868. The van der Waals surface area contributed by atoms with Crippen LogP contribution < -0.4 is 19.5 Å². The number of ether oxygens (including phenoxy) is 3. The Morgan fingerprint density at radius 3 is 2.83 bits per heavy atom. The monoisotopic (exact) mass is 347 g/mol. The van der Waals surface area contributed by atoms with Crippen LogP contribution in [0.1, 0.15) is 18.9 Å². The van der Waals surface area contributed by atoms with Gasteiger partial charge in [0.1, 0.15) is 5.75 Å². The minimum atomic E-state index is -0.598. The maximum Gasteiger partial charge on any atom is 0.261 e. The molecule has 0 spiro atoms. The molecule has 0 bridgehead atoms. The zero-order chi connectivity index (χ0) is 16.9. The summed E-state index contributed by atoms with van der Waals surface area (Å²) in [5, 5.41) is 3.36. The van der Waals surface area contributed by atoms with Gasteiger partial charge >= 0.3 is 0 Å². The van der Waals surface area contributed by atoms with E-state index in [0.717, 1.165) is 11.3 Å². The third kappa shape index (κ3) is 3.74. The highest BCUT2D eigenvalue weighted by atomic mass is 35.5. The molecular weight excluding hydrogens is 330 g/mol. The standard InChI is InChI=1S/C18H18ClNO4/c1-2-14(24-15-6-4-3-5-13(15)19)18(21)20-10-12-7-8-16-17(9-12)23-11-22-16/h3-9,14H,2,10-11H2,1H3,(H,20,21)/t14-/m1/s1. The van der Waals surface area contributed by atoms with E-state index in [1.165, 1.54) is 0 Å². The Balaban J connectivity index is 1.59. The third-order valence-corrected chi connectivity index (χ3v) is 3.99. The first-order chi connectivity index (χ1) is 11.7. The third-order valence-electron chi connectivity index (χ3n) is 3.67. The van der Waals surface area contributed by atoms with Gasteiger partial charge in [0, 0.05) is 6.54 Å². The van der Waals surface area contributed by atoms with Crippen LogP contribution in [0.4, 0.5) is 0 Å². The molecule has 0 aromatic heterocycles. The molecule has 0 saturated carbocycles. The van der Waals surface area contributed by atoms with E-state index in [0.29, 0.717) is 29.5 Å². The molecule has 1 aliphatic rings. The van der Waals surface area contributed by atoms with Crippen molar-refractivity contribution >= 4 is 17.5 Å². The second kappa shape index (κ2) is 7.45. The molecule has 1 atom stereocenters. The van der Waals surface area contributed by atoms with Crippen LogP contribution in [0.2, 0.25) is 5.02 Å². The lowest BCUT2D eigenvalue weighted by Crippen LogP contribution is -2.37. The molecular formula is C18H18ClNO4. The molecule has 126 valence electrons. The average molecular weight is 348 g/mol. The van der Waals surface area contributed by atoms with Gasteiger partial charge < -0.3 is 19.5 Å². The number of fused-ring (bicyclic) bond motifs is 1. The molecule has 0 unspecified atom stereocenters. The van der Waals surface area contributed by atoms with Gasteiger partial charge in [-0.25, -0.2) is 0 Å².